The van der Waals surface area contributed by atoms with Gasteiger partial charge in [-0.2, -0.15) is 0 Å². The van der Waals surface area contributed by atoms with E-state index in [0.717, 1.165) is 5.56 Å². The summed E-state index contributed by atoms with van der Waals surface area (Å²) in [4.78, 5) is 23.3. The molecule has 0 heterocycles. The van der Waals surface area contributed by atoms with Crippen LogP contribution >= 0.6 is 0 Å². The zero-order valence-electron chi connectivity index (χ0n) is 11.6. The number of methoxy groups -OCH3 is 1. The number of allylic oxidation sites excluding steroid dienone is 2. The first-order valence-corrected chi connectivity index (χ1v) is 6.22. The molecule has 0 radical (unpaired) electrons. The monoisotopic (exact) mass is 273 g/mol. The molecule has 0 unspecified atom stereocenters. The Balaban J connectivity index is 3.26. The van der Waals surface area contributed by atoms with Crippen LogP contribution in [-0.4, -0.2) is 19.0 Å². The number of primary amides is 1. The van der Waals surface area contributed by atoms with Gasteiger partial charge in [-0.1, -0.05) is 24.3 Å². The van der Waals surface area contributed by atoms with Crippen LogP contribution in [0.2, 0.25) is 0 Å². The van der Waals surface area contributed by atoms with E-state index >= 15 is 0 Å². The highest BCUT2D eigenvalue weighted by Crippen LogP contribution is 2.32. The van der Waals surface area contributed by atoms with Crippen molar-refractivity contribution in [1.29, 1.82) is 0 Å². The van der Waals surface area contributed by atoms with Gasteiger partial charge in [0.15, 0.2) is 0 Å². The molecule has 1 rings (SSSR count). The van der Waals surface area contributed by atoms with Gasteiger partial charge in [0.25, 0.3) is 0 Å². The summed E-state index contributed by atoms with van der Waals surface area (Å²) in [6.45, 7) is 7.36. The molecule has 106 valence electrons. The third-order valence-corrected chi connectivity index (χ3v) is 3.32. The molecule has 1 aromatic rings. The average molecular weight is 273 g/mol. The number of amides is 1. The zero-order chi connectivity index (χ0) is 15.2. The minimum Gasteiger partial charge on any atom is -0.465 e. The van der Waals surface area contributed by atoms with Crippen molar-refractivity contribution in [3.8, 4) is 0 Å². The summed E-state index contributed by atoms with van der Waals surface area (Å²) >= 11 is 0. The van der Waals surface area contributed by atoms with Crippen LogP contribution < -0.4 is 5.73 Å². The van der Waals surface area contributed by atoms with Crippen molar-refractivity contribution in [2.45, 2.75) is 18.3 Å². The fraction of sp³-hybridized carbons (Fsp3) is 0.250. The summed E-state index contributed by atoms with van der Waals surface area (Å²) in [6, 6.07) is 6.66. The lowest BCUT2D eigenvalue weighted by Crippen LogP contribution is -2.40. The number of carbonyl (C=O) groups is 2. The summed E-state index contributed by atoms with van der Waals surface area (Å²) in [5, 5.41) is 0. The van der Waals surface area contributed by atoms with Crippen molar-refractivity contribution < 1.29 is 14.3 Å². The minimum atomic E-state index is -0.877. The molecule has 4 nitrogen and oxygen atoms in total. The van der Waals surface area contributed by atoms with Gasteiger partial charge in [0.05, 0.1) is 18.1 Å². The molecule has 0 aliphatic carbocycles. The van der Waals surface area contributed by atoms with Crippen LogP contribution in [0.25, 0.3) is 0 Å². The van der Waals surface area contributed by atoms with Gasteiger partial charge in [-0.15, -0.1) is 13.2 Å². The molecule has 0 atom stereocenters. The topological polar surface area (TPSA) is 69.4 Å². The standard InChI is InChI=1S/C16H19NO3/c1-4-10-16(11-5-2,15(17)19)13-8-6-12(7-9-13)14(18)20-3/h4-9H,1-2,10-11H2,3H3,(H2,17,19). The second kappa shape index (κ2) is 6.70. The quantitative estimate of drug-likeness (QED) is 0.612. The Morgan fingerprint density at radius 3 is 2.05 bits per heavy atom. The summed E-state index contributed by atoms with van der Waals surface area (Å²) < 4.78 is 4.64. The molecule has 4 heteroatoms. The number of carbonyl (C=O) groups excluding carboxylic acids is 2. The normalized spacial score (nSPS) is 10.7. The highest BCUT2D eigenvalue weighted by molar-refractivity contribution is 5.90. The molecule has 20 heavy (non-hydrogen) atoms. The summed E-state index contributed by atoms with van der Waals surface area (Å²) in [7, 11) is 1.32. The Bertz CT molecular complexity index is 507. The lowest BCUT2D eigenvalue weighted by Gasteiger charge is -2.29. The van der Waals surface area contributed by atoms with Crippen LogP contribution in [0.15, 0.2) is 49.6 Å². The molecule has 0 aliphatic rings. The van der Waals surface area contributed by atoms with E-state index in [1.807, 2.05) is 0 Å². The Hall–Kier alpha value is -2.36. The molecule has 0 saturated carbocycles. The number of hydrogen-bond acceptors (Lipinski definition) is 3. The zero-order valence-corrected chi connectivity index (χ0v) is 11.6. The van der Waals surface area contributed by atoms with Gasteiger partial charge < -0.3 is 10.5 Å². The van der Waals surface area contributed by atoms with E-state index in [1.165, 1.54) is 7.11 Å². The van der Waals surface area contributed by atoms with Gasteiger partial charge in [0, 0.05) is 0 Å². The van der Waals surface area contributed by atoms with Crippen molar-refractivity contribution in [2.75, 3.05) is 7.11 Å². The minimum absolute atomic E-state index is 0.409. The van der Waals surface area contributed by atoms with Crippen molar-refractivity contribution in [2.24, 2.45) is 5.73 Å². The third-order valence-electron chi connectivity index (χ3n) is 3.32. The molecule has 0 fully saturated rings. The Morgan fingerprint density at radius 2 is 1.70 bits per heavy atom. The van der Waals surface area contributed by atoms with Crippen molar-refractivity contribution in [3.63, 3.8) is 0 Å². The number of ether oxygens (including phenoxy) is 1. The summed E-state index contributed by atoms with van der Waals surface area (Å²) in [5.41, 5.74) is 5.85. The van der Waals surface area contributed by atoms with E-state index in [-0.39, 0.29) is 0 Å². The molecule has 0 aliphatic heterocycles. The number of nitrogens with two attached hydrogens (primary N) is 1. The van der Waals surface area contributed by atoms with Crippen molar-refractivity contribution in [3.05, 3.63) is 60.7 Å². The van der Waals surface area contributed by atoms with Gasteiger partial charge >= 0.3 is 5.97 Å². The van der Waals surface area contributed by atoms with Crippen LogP contribution in [0.1, 0.15) is 28.8 Å². The largest absolute Gasteiger partial charge is 0.465 e. The first-order valence-electron chi connectivity index (χ1n) is 6.22. The maximum absolute atomic E-state index is 11.9. The second-order valence-corrected chi connectivity index (χ2v) is 4.50. The van der Waals surface area contributed by atoms with E-state index in [9.17, 15) is 9.59 Å². The van der Waals surface area contributed by atoms with E-state index in [2.05, 4.69) is 17.9 Å². The molecule has 2 N–H and O–H groups in total. The Kier molecular flexibility index (Phi) is 5.26. The number of hydrogen-bond donors (Lipinski definition) is 1. The van der Waals surface area contributed by atoms with Crippen LogP contribution in [-0.2, 0) is 14.9 Å². The van der Waals surface area contributed by atoms with E-state index < -0.39 is 17.3 Å². The molecule has 0 saturated heterocycles. The van der Waals surface area contributed by atoms with Crippen LogP contribution in [0.3, 0.4) is 0 Å². The molecule has 1 aromatic carbocycles. The van der Waals surface area contributed by atoms with Crippen molar-refractivity contribution in [1.82, 2.24) is 0 Å². The predicted octanol–water partition coefficient (Wildman–Crippen LogP) is 2.35. The maximum Gasteiger partial charge on any atom is 0.337 e. The fourth-order valence-electron chi connectivity index (χ4n) is 2.20. The second-order valence-electron chi connectivity index (χ2n) is 4.50. The van der Waals surface area contributed by atoms with E-state index in [0.29, 0.717) is 18.4 Å². The van der Waals surface area contributed by atoms with E-state index in [4.69, 9.17) is 5.73 Å². The number of benzene rings is 1. The van der Waals surface area contributed by atoms with Crippen LogP contribution in [0, 0.1) is 0 Å². The molecular weight excluding hydrogens is 254 g/mol. The number of rotatable bonds is 7. The molecule has 0 spiro atoms. The Morgan fingerprint density at radius 1 is 1.20 bits per heavy atom. The smallest absolute Gasteiger partial charge is 0.337 e. The average Bonchev–Trinajstić information content (AvgIpc) is 2.46. The highest BCUT2D eigenvalue weighted by Gasteiger charge is 2.36. The molecule has 1 amide bonds. The van der Waals surface area contributed by atoms with Gasteiger partial charge in [0.2, 0.25) is 5.91 Å². The lowest BCUT2D eigenvalue weighted by molar-refractivity contribution is -0.123. The van der Waals surface area contributed by atoms with E-state index in [1.54, 1.807) is 36.4 Å². The first-order chi connectivity index (χ1) is 9.51. The predicted molar refractivity (Wildman–Crippen MR) is 78.3 cm³/mol. The van der Waals surface area contributed by atoms with Crippen LogP contribution in [0.5, 0.6) is 0 Å². The van der Waals surface area contributed by atoms with Crippen LogP contribution in [0.4, 0.5) is 0 Å². The SMILES string of the molecule is C=CCC(CC=C)(C(N)=O)c1ccc(C(=O)OC)cc1. The van der Waals surface area contributed by atoms with Gasteiger partial charge in [-0.25, -0.2) is 4.79 Å². The Labute approximate surface area is 118 Å². The summed E-state index contributed by atoms with van der Waals surface area (Å²) in [5.74, 6) is -0.864. The third kappa shape index (κ3) is 2.96. The summed E-state index contributed by atoms with van der Waals surface area (Å²) in [6.07, 6.45) is 4.13. The van der Waals surface area contributed by atoms with Gasteiger partial charge in [-0.3, -0.25) is 4.79 Å². The van der Waals surface area contributed by atoms with Gasteiger partial charge in [-0.05, 0) is 30.5 Å². The molecule has 0 aromatic heterocycles. The number of esters is 1. The van der Waals surface area contributed by atoms with Gasteiger partial charge in [0.1, 0.15) is 0 Å². The lowest BCUT2D eigenvalue weighted by atomic mass is 9.74. The molecule has 0 bridgehead atoms. The highest BCUT2D eigenvalue weighted by atomic mass is 16.5. The van der Waals surface area contributed by atoms with Crippen molar-refractivity contribution >= 4 is 11.9 Å². The fourth-order valence-corrected chi connectivity index (χ4v) is 2.20. The maximum atomic E-state index is 11.9. The molecular formula is C16H19NO3. The first kappa shape index (κ1) is 15.7.